The van der Waals surface area contributed by atoms with E-state index in [0.717, 1.165) is 17.8 Å². The first-order valence-electron chi connectivity index (χ1n) is 9.32. The maximum atomic E-state index is 14.0. The molecule has 4 rings (SSSR count). The van der Waals surface area contributed by atoms with Crippen molar-refractivity contribution >= 4 is 29.5 Å². The van der Waals surface area contributed by atoms with Crippen molar-refractivity contribution in [3.8, 4) is 0 Å². The van der Waals surface area contributed by atoms with Crippen molar-refractivity contribution in [2.75, 3.05) is 18.2 Å². The number of halogens is 2. The lowest BCUT2D eigenvalue weighted by Gasteiger charge is -2.38. The summed E-state index contributed by atoms with van der Waals surface area (Å²) in [5.41, 5.74) is 1.12. The van der Waals surface area contributed by atoms with Gasteiger partial charge in [0, 0.05) is 23.8 Å². The molecule has 2 aromatic rings. The van der Waals surface area contributed by atoms with Crippen LogP contribution in [-0.2, 0) is 14.3 Å². The van der Waals surface area contributed by atoms with E-state index in [2.05, 4.69) is 20.1 Å². The van der Waals surface area contributed by atoms with Crippen LogP contribution in [0.15, 0.2) is 34.6 Å². The van der Waals surface area contributed by atoms with Crippen LogP contribution in [0.3, 0.4) is 0 Å². The number of allylic oxidation sites excluding steroid dienone is 2. The van der Waals surface area contributed by atoms with Crippen LogP contribution >= 0.6 is 11.8 Å². The van der Waals surface area contributed by atoms with Crippen molar-refractivity contribution in [3.05, 3.63) is 46.7 Å². The van der Waals surface area contributed by atoms with Gasteiger partial charge in [-0.2, -0.15) is 4.98 Å². The Morgan fingerprint density at radius 2 is 2.00 bits per heavy atom. The number of methoxy groups -OCH3 is 1. The molecule has 2 aliphatic rings. The number of hydrogen-bond acceptors (Lipinski definition) is 7. The third-order valence-corrected chi connectivity index (χ3v) is 5.87. The average Bonchev–Trinajstić information content (AvgIpc) is 3.04. The molecule has 0 spiro atoms. The standard InChI is InChI=1S/C20H20F2N4O3S/c1-20(2)7-13-16(14(27)8-20)17(10-4-11(21)6-12(22)5-10)26-18(23-13)24-19(25-26)30-9-15(28)29-3/h4-6,17H,7-9H2,1-3H3,(H,23,24,25). The number of ether oxygens (including phenoxy) is 1. The Morgan fingerprint density at radius 1 is 1.30 bits per heavy atom. The van der Waals surface area contributed by atoms with E-state index in [0.29, 0.717) is 30.1 Å². The SMILES string of the molecule is COC(=O)CSc1nc2n(n1)C(c1cc(F)cc(F)c1)C1=C(CC(C)(C)CC1=O)N2. The van der Waals surface area contributed by atoms with Crippen LogP contribution in [0.5, 0.6) is 0 Å². The zero-order valence-corrected chi connectivity index (χ0v) is 17.5. The maximum Gasteiger partial charge on any atom is 0.316 e. The lowest BCUT2D eigenvalue weighted by atomic mass is 9.73. The number of rotatable bonds is 4. The maximum absolute atomic E-state index is 14.0. The van der Waals surface area contributed by atoms with Crippen molar-refractivity contribution in [1.82, 2.24) is 14.8 Å². The number of anilines is 1. The summed E-state index contributed by atoms with van der Waals surface area (Å²) in [5.74, 6) is -1.65. The Morgan fingerprint density at radius 3 is 2.67 bits per heavy atom. The van der Waals surface area contributed by atoms with Gasteiger partial charge in [-0.05, 0) is 29.5 Å². The highest BCUT2D eigenvalue weighted by molar-refractivity contribution is 7.99. The third-order valence-electron chi connectivity index (χ3n) is 5.06. The molecule has 158 valence electrons. The summed E-state index contributed by atoms with van der Waals surface area (Å²) in [6, 6.07) is 2.36. The van der Waals surface area contributed by atoms with E-state index in [-0.39, 0.29) is 27.7 Å². The summed E-state index contributed by atoms with van der Waals surface area (Å²) in [4.78, 5) is 28.9. The van der Waals surface area contributed by atoms with E-state index in [9.17, 15) is 18.4 Å². The molecule has 2 heterocycles. The number of esters is 1. The van der Waals surface area contributed by atoms with E-state index in [1.807, 2.05) is 13.8 Å². The van der Waals surface area contributed by atoms with Gasteiger partial charge in [-0.25, -0.2) is 13.5 Å². The monoisotopic (exact) mass is 434 g/mol. The van der Waals surface area contributed by atoms with Gasteiger partial charge in [0.15, 0.2) is 5.78 Å². The van der Waals surface area contributed by atoms with Crippen LogP contribution in [0.25, 0.3) is 0 Å². The first kappa shape index (κ1) is 20.5. The third kappa shape index (κ3) is 3.83. The fraction of sp³-hybridized carbons (Fsp3) is 0.400. The number of thioether (sulfide) groups is 1. The highest BCUT2D eigenvalue weighted by Crippen LogP contribution is 2.45. The van der Waals surface area contributed by atoms with Gasteiger partial charge < -0.3 is 10.1 Å². The fourth-order valence-corrected chi connectivity index (χ4v) is 4.54. The molecule has 1 unspecified atom stereocenters. The molecule has 0 fully saturated rings. The molecule has 1 aliphatic heterocycles. The first-order chi connectivity index (χ1) is 14.2. The van der Waals surface area contributed by atoms with E-state index >= 15 is 0 Å². The number of Topliss-reactive ketones (excluding diaryl/α,β-unsaturated/α-hetero) is 1. The predicted octanol–water partition coefficient (Wildman–Crippen LogP) is 3.48. The highest BCUT2D eigenvalue weighted by atomic mass is 32.2. The highest BCUT2D eigenvalue weighted by Gasteiger charge is 2.42. The molecule has 1 atom stereocenters. The van der Waals surface area contributed by atoms with Crippen molar-refractivity contribution < 1.29 is 23.1 Å². The Bertz CT molecular complexity index is 1060. The second-order valence-corrected chi connectivity index (χ2v) is 9.03. The molecular formula is C20H20F2N4O3S. The van der Waals surface area contributed by atoms with Gasteiger partial charge in [-0.15, -0.1) is 5.10 Å². The summed E-state index contributed by atoms with van der Waals surface area (Å²) in [5, 5.41) is 7.86. The number of nitrogens with one attached hydrogen (secondary N) is 1. The summed E-state index contributed by atoms with van der Waals surface area (Å²) < 4.78 is 34.1. The number of nitrogens with zero attached hydrogens (tertiary/aromatic N) is 3. The zero-order chi connectivity index (χ0) is 21.6. The molecule has 0 amide bonds. The number of benzene rings is 1. The van der Waals surface area contributed by atoms with Gasteiger partial charge >= 0.3 is 5.97 Å². The second kappa shape index (κ2) is 7.50. The molecule has 0 saturated heterocycles. The van der Waals surface area contributed by atoms with Gasteiger partial charge in [0.05, 0.1) is 12.9 Å². The number of fused-ring (bicyclic) bond motifs is 1. The number of aromatic nitrogens is 3. The molecule has 30 heavy (non-hydrogen) atoms. The predicted molar refractivity (Wildman–Crippen MR) is 106 cm³/mol. The van der Waals surface area contributed by atoms with E-state index in [1.165, 1.54) is 23.9 Å². The summed E-state index contributed by atoms with van der Waals surface area (Å²) >= 11 is 1.07. The molecule has 10 heteroatoms. The van der Waals surface area contributed by atoms with E-state index in [4.69, 9.17) is 0 Å². The molecule has 1 aromatic heterocycles. The Hall–Kier alpha value is -2.75. The van der Waals surface area contributed by atoms with Gasteiger partial charge in [-0.3, -0.25) is 9.59 Å². The second-order valence-electron chi connectivity index (χ2n) is 8.09. The zero-order valence-electron chi connectivity index (χ0n) is 16.7. The topological polar surface area (TPSA) is 86.1 Å². The molecule has 1 aromatic carbocycles. The molecule has 0 bridgehead atoms. The normalized spacial score (nSPS) is 19.8. The van der Waals surface area contributed by atoms with Crippen molar-refractivity contribution in [2.45, 2.75) is 37.9 Å². The molecule has 0 radical (unpaired) electrons. The quantitative estimate of drug-likeness (QED) is 0.582. The number of carbonyl (C=O) groups is 2. The minimum atomic E-state index is -0.815. The summed E-state index contributed by atoms with van der Waals surface area (Å²) in [7, 11) is 1.29. The Kier molecular flexibility index (Phi) is 5.13. The van der Waals surface area contributed by atoms with Gasteiger partial charge in [-0.1, -0.05) is 25.6 Å². The van der Waals surface area contributed by atoms with Crippen LogP contribution in [0, 0.1) is 17.0 Å². The van der Waals surface area contributed by atoms with Crippen molar-refractivity contribution in [3.63, 3.8) is 0 Å². The van der Waals surface area contributed by atoms with E-state index in [1.54, 1.807) is 0 Å². The van der Waals surface area contributed by atoms with Crippen molar-refractivity contribution in [2.24, 2.45) is 5.41 Å². The van der Waals surface area contributed by atoms with Crippen LogP contribution in [-0.4, -0.2) is 39.4 Å². The van der Waals surface area contributed by atoms with Crippen molar-refractivity contribution in [1.29, 1.82) is 0 Å². The van der Waals surface area contributed by atoms with Gasteiger partial charge in [0.2, 0.25) is 11.1 Å². The van der Waals surface area contributed by atoms with Crippen LogP contribution in [0.4, 0.5) is 14.7 Å². The van der Waals surface area contributed by atoms with Crippen LogP contribution in [0.2, 0.25) is 0 Å². The molecule has 1 aliphatic carbocycles. The molecule has 7 nitrogen and oxygen atoms in total. The van der Waals surface area contributed by atoms with Crippen LogP contribution < -0.4 is 5.32 Å². The largest absolute Gasteiger partial charge is 0.468 e. The summed E-state index contributed by atoms with van der Waals surface area (Å²) in [6.45, 7) is 3.98. The number of ketones is 1. The number of carbonyl (C=O) groups excluding carboxylic acids is 2. The first-order valence-corrected chi connectivity index (χ1v) is 10.3. The Labute approximate surface area is 175 Å². The minimum Gasteiger partial charge on any atom is -0.468 e. The van der Waals surface area contributed by atoms with E-state index < -0.39 is 23.6 Å². The lowest BCUT2D eigenvalue weighted by Crippen LogP contribution is -2.36. The molecular weight excluding hydrogens is 414 g/mol. The minimum absolute atomic E-state index is 0.0122. The number of hydrogen-bond donors (Lipinski definition) is 1. The lowest BCUT2D eigenvalue weighted by molar-refractivity contribution is -0.137. The summed E-state index contributed by atoms with van der Waals surface area (Å²) in [6.07, 6.45) is 0.898. The Balaban J connectivity index is 1.81. The van der Waals surface area contributed by atoms with Crippen LogP contribution in [0.1, 0.15) is 38.3 Å². The molecule has 0 saturated carbocycles. The molecule has 1 N–H and O–H groups in total. The smallest absolute Gasteiger partial charge is 0.316 e. The van der Waals surface area contributed by atoms with Gasteiger partial charge in [0.25, 0.3) is 0 Å². The van der Waals surface area contributed by atoms with Gasteiger partial charge in [0.1, 0.15) is 17.7 Å². The fourth-order valence-electron chi connectivity index (χ4n) is 3.87. The average molecular weight is 434 g/mol.